The number of fused-ring (bicyclic) bond motifs is 1. The molecule has 3 fully saturated rings. The Kier molecular flexibility index (Phi) is 3.76. The summed E-state index contributed by atoms with van der Waals surface area (Å²) in [4.78, 5) is 2.79. The van der Waals surface area contributed by atoms with Gasteiger partial charge in [0.2, 0.25) is 0 Å². The van der Waals surface area contributed by atoms with Crippen LogP contribution in [-0.4, -0.2) is 46.9 Å². The van der Waals surface area contributed by atoms with E-state index in [0.717, 1.165) is 23.8 Å². The van der Waals surface area contributed by atoms with Gasteiger partial charge in [0, 0.05) is 30.9 Å². The summed E-state index contributed by atoms with van der Waals surface area (Å²) in [6, 6.07) is 3.06. The van der Waals surface area contributed by atoms with Crippen molar-refractivity contribution in [2.24, 2.45) is 18.9 Å². The Morgan fingerprint density at radius 2 is 1.90 bits per heavy atom. The standard InChI is InChI=1S/C17H28N4/c1-20-17(4-7-19-20)13-5-8-21(9-6-13)16-3-2-14-11-18-12-15(14)10-16/h4,7,13-16,18H,2-3,5-6,8-12H2,1H3/t14?,15?,16-/m1/s1. The summed E-state index contributed by atoms with van der Waals surface area (Å²) >= 11 is 0. The van der Waals surface area contributed by atoms with Crippen LogP contribution in [0.1, 0.15) is 43.7 Å². The minimum Gasteiger partial charge on any atom is -0.316 e. The molecule has 2 aliphatic heterocycles. The molecule has 1 N–H and O–H groups in total. The van der Waals surface area contributed by atoms with E-state index in [1.165, 1.54) is 64.0 Å². The predicted molar refractivity (Wildman–Crippen MR) is 84.2 cm³/mol. The quantitative estimate of drug-likeness (QED) is 0.903. The van der Waals surface area contributed by atoms with Crippen molar-refractivity contribution in [3.8, 4) is 0 Å². The highest BCUT2D eigenvalue weighted by molar-refractivity contribution is 5.09. The lowest BCUT2D eigenvalue weighted by atomic mass is 9.78. The van der Waals surface area contributed by atoms with Gasteiger partial charge in [-0.2, -0.15) is 5.10 Å². The Bertz CT molecular complexity index is 475. The Morgan fingerprint density at radius 3 is 2.67 bits per heavy atom. The van der Waals surface area contributed by atoms with E-state index in [1.54, 1.807) is 0 Å². The van der Waals surface area contributed by atoms with Crippen molar-refractivity contribution in [3.05, 3.63) is 18.0 Å². The van der Waals surface area contributed by atoms with Gasteiger partial charge in [-0.1, -0.05) is 0 Å². The van der Waals surface area contributed by atoms with Gasteiger partial charge in [-0.25, -0.2) is 0 Å². The van der Waals surface area contributed by atoms with E-state index in [4.69, 9.17) is 0 Å². The van der Waals surface area contributed by atoms with Gasteiger partial charge in [0.25, 0.3) is 0 Å². The maximum Gasteiger partial charge on any atom is 0.0492 e. The van der Waals surface area contributed by atoms with Crippen LogP contribution < -0.4 is 5.32 Å². The molecule has 1 aromatic heterocycles. The molecule has 3 heterocycles. The molecule has 21 heavy (non-hydrogen) atoms. The maximum absolute atomic E-state index is 4.33. The van der Waals surface area contributed by atoms with Crippen LogP contribution in [0.15, 0.2) is 12.3 Å². The summed E-state index contributed by atoms with van der Waals surface area (Å²) in [6.45, 7) is 5.11. The molecular weight excluding hydrogens is 260 g/mol. The van der Waals surface area contributed by atoms with E-state index in [9.17, 15) is 0 Å². The van der Waals surface area contributed by atoms with Crippen LogP contribution in [0, 0.1) is 11.8 Å². The molecule has 1 aliphatic carbocycles. The van der Waals surface area contributed by atoms with Crippen molar-refractivity contribution in [3.63, 3.8) is 0 Å². The predicted octanol–water partition coefficient (Wildman–Crippen LogP) is 1.99. The summed E-state index contributed by atoms with van der Waals surface area (Å²) in [5.74, 6) is 2.66. The third-order valence-corrected chi connectivity index (χ3v) is 6.25. The van der Waals surface area contributed by atoms with Gasteiger partial charge in [0.15, 0.2) is 0 Å². The van der Waals surface area contributed by atoms with Crippen molar-refractivity contribution < 1.29 is 0 Å². The SMILES string of the molecule is Cn1nccc1C1CCN([C@@H]2CCC3CNCC3C2)CC1. The summed E-state index contributed by atoms with van der Waals surface area (Å²) < 4.78 is 2.07. The molecule has 0 amide bonds. The molecule has 3 aliphatic rings. The number of likely N-dealkylation sites (tertiary alicyclic amines) is 1. The second-order valence-electron chi connectivity index (χ2n) is 7.34. The van der Waals surface area contributed by atoms with Gasteiger partial charge in [-0.05, 0) is 76.2 Å². The van der Waals surface area contributed by atoms with Crippen LogP contribution in [0.4, 0.5) is 0 Å². The first-order valence-corrected chi connectivity index (χ1v) is 8.74. The molecule has 116 valence electrons. The van der Waals surface area contributed by atoms with Crippen LogP contribution >= 0.6 is 0 Å². The molecule has 1 aromatic rings. The minimum absolute atomic E-state index is 0.721. The van der Waals surface area contributed by atoms with Crippen LogP contribution in [0.25, 0.3) is 0 Å². The summed E-state index contributed by atoms with van der Waals surface area (Å²) in [5, 5.41) is 7.92. The van der Waals surface area contributed by atoms with Crippen molar-refractivity contribution >= 4 is 0 Å². The normalized spacial score (nSPS) is 35.0. The van der Waals surface area contributed by atoms with Crippen molar-refractivity contribution in [2.45, 2.75) is 44.1 Å². The van der Waals surface area contributed by atoms with E-state index in [1.807, 2.05) is 6.20 Å². The van der Waals surface area contributed by atoms with Crippen LogP contribution in [0.5, 0.6) is 0 Å². The van der Waals surface area contributed by atoms with Crippen LogP contribution in [-0.2, 0) is 7.05 Å². The number of piperidine rings is 1. The molecule has 2 unspecified atom stereocenters. The van der Waals surface area contributed by atoms with Crippen molar-refractivity contribution in [1.29, 1.82) is 0 Å². The van der Waals surface area contributed by atoms with Gasteiger partial charge < -0.3 is 10.2 Å². The molecular formula is C17H28N4. The fourth-order valence-electron chi connectivity index (χ4n) is 4.95. The van der Waals surface area contributed by atoms with Gasteiger partial charge in [-0.15, -0.1) is 0 Å². The molecule has 0 aromatic carbocycles. The van der Waals surface area contributed by atoms with Crippen LogP contribution in [0.3, 0.4) is 0 Å². The fraction of sp³-hybridized carbons (Fsp3) is 0.824. The number of aromatic nitrogens is 2. The first-order chi connectivity index (χ1) is 10.3. The smallest absolute Gasteiger partial charge is 0.0492 e. The zero-order valence-corrected chi connectivity index (χ0v) is 13.2. The lowest BCUT2D eigenvalue weighted by molar-refractivity contribution is 0.0901. The van der Waals surface area contributed by atoms with Crippen molar-refractivity contribution in [1.82, 2.24) is 20.0 Å². The highest BCUT2D eigenvalue weighted by atomic mass is 15.3. The molecule has 0 spiro atoms. The highest BCUT2D eigenvalue weighted by Crippen LogP contribution is 2.37. The molecule has 3 atom stereocenters. The molecule has 2 saturated heterocycles. The summed E-state index contributed by atoms with van der Waals surface area (Å²) in [6.07, 6.45) is 8.87. The third-order valence-electron chi connectivity index (χ3n) is 6.25. The van der Waals surface area contributed by atoms with Gasteiger partial charge >= 0.3 is 0 Å². The second-order valence-corrected chi connectivity index (χ2v) is 7.34. The first kappa shape index (κ1) is 13.8. The summed E-state index contributed by atoms with van der Waals surface area (Å²) in [5.41, 5.74) is 1.43. The Labute approximate surface area is 127 Å². The third kappa shape index (κ3) is 2.64. The van der Waals surface area contributed by atoms with Gasteiger partial charge in [0.05, 0.1) is 0 Å². The fourth-order valence-corrected chi connectivity index (χ4v) is 4.95. The lowest BCUT2D eigenvalue weighted by Crippen LogP contribution is -2.44. The summed E-state index contributed by atoms with van der Waals surface area (Å²) in [7, 11) is 2.08. The molecule has 0 radical (unpaired) electrons. The first-order valence-electron chi connectivity index (χ1n) is 8.74. The average Bonchev–Trinajstić information content (AvgIpc) is 3.15. The Balaban J connectivity index is 1.34. The lowest BCUT2D eigenvalue weighted by Gasteiger charge is -2.42. The maximum atomic E-state index is 4.33. The van der Waals surface area contributed by atoms with Gasteiger partial charge in [-0.3, -0.25) is 4.68 Å². The zero-order valence-electron chi connectivity index (χ0n) is 13.2. The number of nitrogens with zero attached hydrogens (tertiary/aromatic N) is 3. The monoisotopic (exact) mass is 288 g/mol. The van der Waals surface area contributed by atoms with E-state index in [2.05, 4.69) is 33.1 Å². The van der Waals surface area contributed by atoms with E-state index >= 15 is 0 Å². The van der Waals surface area contributed by atoms with E-state index < -0.39 is 0 Å². The molecule has 4 heteroatoms. The molecule has 4 nitrogen and oxygen atoms in total. The Hall–Kier alpha value is -0.870. The Morgan fingerprint density at radius 1 is 1.10 bits per heavy atom. The van der Waals surface area contributed by atoms with Gasteiger partial charge in [0.1, 0.15) is 0 Å². The van der Waals surface area contributed by atoms with Crippen molar-refractivity contribution in [2.75, 3.05) is 26.2 Å². The largest absolute Gasteiger partial charge is 0.316 e. The molecule has 1 saturated carbocycles. The van der Waals surface area contributed by atoms with E-state index in [0.29, 0.717) is 0 Å². The number of hydrogen-bond donors (Lipinski definition) is 1. The molecule has 4 rings (SSSR count). The number of aryl methyl sites for hydroxylation is 1. The minimum atomic E-state index is 0.721. The van der Waals surface area contributed by atoms with Crippen LogP contribution in [0.2, 0.25) is 0 Å². The average molecular weight is 288 g/mol. The highest BCUT2D eigenvalue weighted by Gasteiger charge is 2.37. The zero-order chi connectivity index (χ0) is 14.2. The second kappa shape index (κ2) is 5.73. The topological polar surface area (TPSA) is 33.1 Å². The molecule has 0 bridgehead atoms. The number of rotatable bonds is 2. The van der Waals surface area contributed by atoms with E-state index in [-0.39, 0.29) is 0 Å². The number of hydrogen-bond acceptors (Lipinski definition) is 3. The number of nitrogens with one attached hydrogen (secondary N) is 1.